The Kier molecular flexibility index (Phi) is 9.48. The quantitative estimate of drug-likeness (QED) is 0.583. The normalized spacial score (nSPS) is 23.4. The van der Waals surface area contributed by atoms with Crippen molar-refractivity contribution < 1.29 is 9.47 Å². The molecule has 0 aromatic heterocycles. The summed E-state index contributed by atoms with van der Waals surface area (Å²) in [6.07, 6.45) is 9.56. The van der Waals surface area contributed by atoms with Gasteiger partial charge in [0, 0.05) is 19.2 Å². The fourth-order valence-corrected chi connectivity index (χ4v) is 2.44. The van der Waals surface area contributed by atoms with Gasteiger partial charge in [-0.2, -0.15) is 0 Å². The molecule has 0 amide bonds. The van der Waals surface area contributed by atoms with E-state index in [4.69, 9.17) is 9.47 Å². The highest BCUT2D eigenvalue weighted by molar-refractivity contribution is 4.75. The van der Waals surface area contributed by atoms with Crippen LogP contribution in [0.2, 0.25) is 0 Å². The summed E-state index contributed by atoms with van der Waals surface area (Å²) in [4.78, 5) is 0. The first-order valence-corrected chi connectivity index (χ1v) is 8.19. The first kappa shape index (κ1) is 16.9. The van der Waals surface area contributed by atoms with E-state index in [9.17, 15) is 0 Å². The summed E-state index contributed by atoms with van der Waals surface area (Å²) in [5, 5.41) is 3.44. The molecule has 19 heavy (non-hydrogen) atoms. The van der Waals surface area contributed by atoms with E-state index in [2.05, 4.69) is 26.1 Å². The third-order valence-electron chi connectivity index (χ3n) is 3.65. The van der Waals surface area contributed by atoms with E-state index in [0.29, 0.717) is 18.2 Å². The first-order chi connectivity index (χ1) is 9.22. The molecular formula is C16H33NO2. The molecule has 1 aliphatic heterocycles. The SMILES string of the molecule is CCCCCCCOCC1CCC(CNC(C)C)O1. The average Bonchev–Trinajstić information content (AvgIpc) is 2.83. The standard InChI is InChI=1S/C16H33NO2/c1-4-5-6-7-8-11-18-13-16-10-9-15(19-16)12-17-14(2)3/h14-17H,4-13H2,1-3H3. The molecule has 1 N–H and O–H groups in total. The van der Waals surface area contributed by atoms with Crippen molar-refractivity contribution >= 4 is 0 Å². The van der Waals surface area contributed by atoms with Crippen LogP contribution in [0.5, 0.6) is 0 Å². The van der Waals surface area contributed by atoms with E-state index in [0.717, 1.165) is 26.2 Å². The fraction of sp³-hybridized carbons (Fsp3) is 1.00. The summed E-state index contributed by atoms with van der Waals surface area (Å²) in [5.74, 6) is 0. The van der Waals surface area contributed by atoms with Crippen molar-refractivity contribution in [3.05, 3.63) is 0 Å². The Morgan fingerprint density at radius 3 is 2.58 bits per heavy atom. The molecule has 2 atom stereocenters. The van der Waals surface area contributed by atoms with Gasteiger partial charge in [-0.05, 0) is 19.3 Å². The minimum Gasteiger partial charge on any atom is -0.379 e. The average molecular weight is 271 g/mol. The fourth-order valence-electron chi connectivity index (χ4n) is 2.44. The molecule has 0 aromatic rings. The maximum Gasteiger partial charge on any atom is 0.0813 e. The van der Waals surface area contributed by atoms with Crippen LogP contribution in [0.25, 0.3) is 0 Å². The highest BCUT2D eigenvalue weighted by Crippen LogP contribution is 2.19. The van der Waals surface area contributed by atoms with Crippen LogP contribution in [0.1, 0.15) is 65.7 Å². The van der Waals surface area contributed by atoms with Crippen molar-refractivity contribution in [3.63, 3.8) is 0 Å². The molecule has 2 unspecified atom stereocenters. The van der Waals surface area contributed by atoms with Gasteiger partial charge in [-0.15, -0.1) is 0 Å². The summed E-state index contributed by atoms with van der Waals surface area (Å²) in [7, 11) is 0. The molecule has 1 heterocycles. The molecule has 0 radical (unpaired) electrons. The minimum absolute atomic E-state index is 0.328. The topological polar surface area (TPSA) is 30.5 Å². The van der Waals surface area contributed by atoms with Crippen LogP contribution in [0.4, 0.5) is 0 Å². The maximum absolute atomic E-state index is 5.97. The van der Waals surface area contributed by atoms with Crippen LogP contribution < -0.4 is 5.32 Å². The molecule has 0 saturated carbocycles. The second-order valence-electron chi connectivity index (χ2n) is 6.01. The van der Waals surface area contributed by atoms with Crippen molar-refractivity contribution in [2.24, 2.45) is 0 Å². The van der Waals surface area contributed by atoms with Crippen LogP contribution in [-0.4, -0.2) is 38.0 Å². The molecule has 0 aromatic carbocycles. The molecule has 1 rings (SSSR count). The first-order valence-electron chi connectivity index (χ1n) is 8.19. The van der Waals surface area contributed by atoms with E-state index in [1.807, 2.05) is 0 Å². The van der Waals surface area contributed by atoms with Crippen LogP contribution in [0, 0.1) is 0 Å². The van der Waals surface area contributed by atoms with Gasteiger partial charge in [0.15, 0.2) is 0 Å². The van der Waals surface area contributed by atoms with Crippen LogP contribution in [-0.2, 0) is 9.47 Å². The number of hydrogen-bond donors (Lipinski definition) is 1. The Bertz CT molecular complexity index is 209. The number of hydrogen-bond acceptors (Lipinski definition) is 3. The molecule has 1 saturated heterocycles. The Hall–Kier alpha value is -0.120. The van der Waals surface area contributed by atoms with Crippen molar-refractivity contribution in [1.82, 2.24) is 5.32 Å². The Labute approximate surface area is 119 Å². The van der Waals surface area contributed by atoms with Crippen molar-refractivity contribution in [2.45, 2.75) is 84.0 Å². The van der Waals surface area contributed by atoms with E-state index < -0.39 is 0 Å². The van der Waals surface area contributed by atoms with Gasteiger partial charge in [0.25, 0.3) is 0 Å². The second kappa shape index (κ2) is 10.6. The largest absolute Gasteiger partial charge is 0.379 e. The van der Waals surface area contributed by atoms with Crippen molar-refractivity contribution in [1.29, 1.82) is 0 Å². The Morgan fingerprint density at radius 2 is 1.84 bits per heavy atom. The van der Waals surface area contributed by atoms with Crippen molar-refractivity contribution in [2.75, 3.05) is 19.8 Å². The molecule has 0 aliphatic carbocycles. The third kappa shape index (κ3) is 8.61. The molecule has 1 fully saturated rings. The molecule has 114 valence electrons. The molecule has 1 aliphatic rings. The summed E-state index contributed by atoms with van der Waals surface area (Å²) < 4.78 is 11.7. The second-order valence-corrected chi connectivity index (χ2v) is 6.01. The molecular weight excluding hydrogens is 238 g/mol. The Morgan fingerprint density at radius 1 is 1.11 bits per heavy atom. The van der Waals surface area contributed by atoms with Gasteiger partial charge in [-0.25, -0.2) is 0 Å². The molecule has 0 spiro atoms. The van der Waals surface area contributed by atoms with Crippen molar-refractivity contribution in [3.8, 4) is 0 Å². The lowest BCUT2D eigenvalue weighted by Gasteiger charge is -2.16. The number of rotatable bonds is 11. The predicted molar refractivity (Wildman–Crippen MR) is 80.6 cm³/mol. The van der Waals surface area contributed by atoms with E-state index >= 15 is 0 Å². The zero-order valence-corrected chi connectivity index (χ0v) is 13.1. The van der Waals surface area contributed by atoms with E-state index in [-0.39, 0.29) is 0 Å². The molecule has 3 heteroatoms. The van der Waals surface area contributed by atoms with Gasteiger partial charge in [-0.3, -0.25) is 0 Å². The van der Waals surface area contributed by atoms with Gasteiger partial charge in [0.05, 0.1) is 18.8 Å². The van der Waals surface area contributed by atoms with Gasteiger partial charge in [-0.1, -0.05) is 46.5 Å². The third-order valence-corrected chi connectivity index (χ3v) is 3.65. The van der Waals surface area contributed by atoms with Crippen LogP contribution >= 0.6 is 0 Å². The van der Waals surface area contributed by atoms with Gasteiger partial charge >= 0.3 is 0 Å². The van der Waals surface area contributed by atoms with E-state index in [1.165, 1.54) is 38.5 Å². The zero-order chi connectivity index (χ0) is 13.9. The monoisotopic (exact) mass is 271 g/mol. The summed E-state index contributed by atoms with van der Waals surface area (Å²) in [5.41, 5.74) is 0. The lowest BCUT2D eigenvalue weighted by molar-refractivity contribution is -0.0154. The lowest BCUT2D eigenvalue weighted by Crippen LogP contribution is -2.32. The van der Waals surface area contributed by atoms with Gasteiger partial charge in [0.1, 0.15) is 0 Å². The highest BCUT2D eigenvalue weighted by Gasteiger charge is 2.24. The highest BCUT2D eigenvalue weighted by atomic mass is 16.5. The minimum atomic E-state index is 0.328. The number of nitrogens with one attached hydrogen (secondary N) is 1. The molecule has 3 nitrogen and oxygen atoms in total. The lowest BCUT2D eigenvalue weighted by atomic mass is 10.2. The van der Waals surface area contributed by atoms with E-state index in [1.54, 1.807) is 0 Å². The van der Waals surface area contributed by atoms with Gasteiger partial charge in [0.2, 0.25) is 0 Å². The summed E-state index contributed by atoms with van der Waals surface area (Å²) in [6.45, 7) is 9.26. The number of ether oxygens (including phenoxy) is 2. The maximum atomic E-state index is 5.97. The van der Waals surface area contributed by atoms with Crippen LogP contribution in [0.15, 0.2) is 0 Å². The summed E-state index contributed by atoms with van der Waals surface area (Å²) in [6, 6.07) is 0.544. The van der Waals surface area contributed by atoms with Gasteiger partial charge < -0.3 is 14.8 Å². The Balaban J connectivity index is 1.91. The summed E-state index contributed by atoms with van der Waals surface area (Å²) >= 11 is 0. The predicted octanol–water partition coefficient (Wildman–Crippen LogP) is 3.52. The number of unbranched alkanes of at least 4 members (excludes halogenated alkanes) is 4. The smallest absolute Gasteiger partial charge is 0.0813 e. The van der Waals surface area contributed by atoms with Crippen LogP contribution in [0.3, 0.4) is 0 Å². The molecule has 0 bridgehead atoms. The zero-order valence-electron chi connectivity index (χ0n) is 13.1.